The Hall–Kier alpha value is -1.26. The second-order valence-corrected chi connectivity index (χ2v) is 5.87. The van der Waals surface area contributed by atoms with Crippen molar-refractivity contribution in [3.05, 3.63) is 28.8 Å². The molecule has 0 heterocycles. The minimum atomic E-state index is 0.00450. The van der Waals surface area contributed by atoms with E-state index in [1.54, 1.807) is 7.11 Å². The molecule has 2 atom stereocenters. The third-order valence-corrected chi connectivity index (χ3v) is 3.73. The number of nitrogens with one attached hydrogen (secondary N) is 1. The largest absolute Gasteiger partial charge is 0.489 e. The summed E-state index contributed by atoms with van der Waals surface area (Å²) in [5.74, 6) is 0.996. The molecule has 2 unspecified atom stereocenters. The van der Waals surface area contributed by atoms with E-state index in [9.17, 15) is 4.79 Å². The first-order valence-electron chi connectivity index (χ1n) is 7.11. The van der Waals surface area contributed by atoms with Crippen LogP contribution in [0, 0.1) is 5.92 Å². The highest BCUT2D eigenvalue weighted by atomic mass is 35.5. The summed E-state index contributed by atoms with van der Waals surface area (Å²) in [6, 6.07) is 5.79. The lowest BCUT2D eigenvalue weighted by Crippen LogP contribution is -2.34. The van der Waals surface area contributed by atoms with Gasteiger partial charge in [0.2, 0.25) is 6.41 Å². The maximum atomic E-state index is 10.7. The molecular formula is C16H24ClNO3. The van der Waals surface area contributed by atoms with Gasteiger partial charge >= 0.3 is 0 Å². The second kappa shape index (κ2) is 8.90. The van der Waals surface area contributed by atoms with Crippen molar-refractivity contribution >= 4 is 18.0 Å². The molecule has 0 saturated heterocycles. The molecule has 1 N–H and O–H groups in total. The summed E-state index contributed by atoms with van der Waals surface area (Å²) in [6.07, 6.45) is 1.49. The zero-order valence-electron chi connectivity index (χ0n) is 13.1. The monoisotopic (exact) mass is 313 g/mol. The fourth-order valence-electron chi connectivity index (χ4n) is 1.89. The summed E-state index contributed by atoms with van der Waals surface area (Å²) < 4.78 is 10.8. The lowest BCUT2D eigenvalue weighted by atomic mass is 9.96. The fraction of sp³-hybridized carbons (Fsp3) is 0.562. The Bertz CT molecular complexity index is 451. The van der Waals surface area contributed by atoms with Crippen molar-refractivity contribution in [3.63, 3.8) is 0 Å². The van der Waals surface area contributed by atoms with Crippen LogP contribution in [0.2, 0.25) is 5.02 Å². The fourth-order valence-corrected chi connectivity index (χ4v) is 2.06. The summed E-state index contributed by atoms with van der Waals surface area (Å²) in [7, 11) is 1.64. The molecule has 1 amide bonds. The molecule has 0 radical (unpaired) electrons. The topological polar surface area (TPSA) is 47.6 Å². The summed E-state index contributed by atoms with van der Waals surface area (Å²) in [5.41, 5.74) is 1.08. The van der Waals surface area contributed by atoms with Gasteiger partial charge in [0.05, 0.1) is 11.1 Å². The average molecular weight is 314 g/mol. The third-order valence-electron chi connectivity index (χ3n) is 3.41. The van der Waals surface area contributed by atoms with Crippen molar-refractivity contribution < 1.29 is 14.3 Å². The minimum Gasteiger partial charge on any atom is -0.489 e. The minimum absolute atomic E-state index is 0.00450. The third kappa shape index (κ3) is 5.94. The van der Waals surface area contributed by atoms with Crippen LogP contribution in [-0.2, 0) is 16.0 Å². The number of halogens is 1. The predicted octanol–water partition coefficient (Wildman–Crippen LogP) is 3.07. The van der Waals surface area contributed by atoms with Gasteiger partial charge in [0.25, 0.3) is 0 Å². The molecule has 21 heavy (non-hydrogen) atoms. The molecule has 118 valence electrons. The molecule has 0 aliphatic carbocycles. The van der Waals surface area contributed by atoms with Gasteiger partial charge in [-0.3, -0.25) is 4.79 Å². The SMILES string of the molecule is COC(C)COc1cc(CC(NC=O)C(C)C)ccc1Cl. The normalized spacial score (nSPS) is 13.8. The van der Waals surface area contributed by atoms with Gasteiger partial charge in [-0.1, -0.05) is 31.5 Å². The number of carbonyl (C=O) groups excluding carboxylic acids is 1. The van der Waals surface area contributed by atoms with E-state index in [0.717, 1.165) is 18.4 Å². The Kier molecular flexibility index (Phi) is 7.54. The van der Waals surface area contributed by atoms with Crippen LogP contribution in [0.15, 0.2) is 18.2 Å². The molecule has 4 nitrogen and oxygen atoms in total. The maximum Gasteiger partial charge on any atom is 0.207 e. The number of amides is 1. The average Bonchev–Trinajstić information content (AvgIpc) is 2.46. The highest BCUT2D eigenvalue weighted by Gasteiger charge is 2.14. The molecule has 0 spiro atoms. The Morgan fingerprint density at radius 1 is 1.33 bits per heavy atom. The zero-order chi connectivity index (χ0) is 15.8. The molecule has 1 rings (SSSR count). The van der Waals surface area contributed by atoms with Crippen LogP contribution < -0.4 is 10.1 Å². The predicted molar refractivity (Wildman–Crippen MR) is 84.9 cm³/mol. The van der Waals surface area contributed by atoms with Gasteiger partial charge in [0, 0.05) is 13.2 Å². The van der Waals surface area contributed by atoms with E-state index in [1.807, 2.05) is 25.1 Å². The van der Waals surface area contributed by atoms with Crippen molar-refractivity contribution in [2.45, 2.75) is 39.3 Å². The lowest BCUT2D eigenvalue weighted by molar-refractivity contribution is -0.110. The van der Waals surface area contributed by atoms with Crippen molar-refractivity contribution in [1.82, 2.24) is 5.32 Å². The number of methoxy groups -OCH3 is 1. The van der Waals surface area contributed by atoms with E-state index >= 15 is 0 Å². The Morgan fingerprint density at radius 3 is 2.62 bits per heavy atom. The van der Waals surface area contributed by atoms with Crippen LogP contribution in [0.1, 0.15) is 26.3 Å². The van der Waals surface area contributed by atoms with E-state index in [1.165, 1.54) is 0 Å². The molecular weight excluding hydrogens is 290 g/mol. The summed E-state index contributed by atoms with van der Waals surface area (Å²) >= 11 is 6.15. The molecule has 1 aromatic rings. The van der Waals surface area contributed by atoms with Crippen molar-refractivity contribution in [3.8, 4) is 5.75 Å². The van der Waals surface area contributed by atoms with Crippen molar-refractivity contribution in [1.29, 1.82) is 0 Å². The summed E-state index contributed by atoms with van der Waals surface area (Å²) in [6.45, 7) is 6.53. The Morgan fingerprint density at radius 2 is 2.05 bits per heavy atom. The van der Waals surface area contributed by atoms with Gasteiger partial charge in [-0.15, -0.1) is 0 Å². The number of carbonyl (C=O) groups is 1. The van der Waals surface area contributed by atoms with Crippen LogP contribution in [0.3, 0.4) is 0 Å². The molecule has 0 aromatic heterocycles. The van der Waals surface area contributed by atoms with Crippen LogP contribution in [0.5, 0.6) is 5.75 Å². The second-order valence-electron chi connectivity index (χ2n) is 5.46. The van der Waals surface area contributed by atoms with Gasteiger partial charge < -0.3 is 14.8 Å². The highest BCUT2D eigenvalue weighted by Crippen LogP contribution is 2.27. The van der Waals surface area contributed by atoms with Gasteiger partial charge in [-0.2, -0.15) is 0 Å². The van der Waals surface area contributed by atoms with E-state index in [-0.39, 0.29) is 12.1 Å². The standard InChI is InChI=1S/C16H24ClNO3/c1-11(2)15(18-10-19)7-13-5-6-14(17)16(8-13)21-9-12(3)20-4/h5-6,8,10-12,15H,7,9H2,1-4H3,(H,18,19). The molecule has 5 heteroatoms. The number of benzene rings is 1. The van der Waals surface area contributed by atoms with E-state index in [4.69, 9.17) is 21.1 Å². The van der Waals surface area contributed by atoms with Crippen LogP contribution >= 0.6 is 11.6 Å². The highest BCUT2D eigenvalue weighted by molar-refractivity contribution is 6.32. The Labute approximate surface area is 131 Å². The van der Waals surface area contributed by atoms with Gasteiger partial charge in [-0.25, -0.2) is 0 Å². The molecule has 0 saturated carbocycles. The van der Waals surface area contributed by atoms with Crippen LogP contribution in [-0.4, -0.2) is 32.3 Å². The summed E-state index contributed by atoms with van der Waals surface area (Å²) in [4.78, 5) is 10.7. The van der Waals surface area contributed by atoms with E-state index in [2.05, 4.69) is 19.2 Å². The zero-order valence-corrected chi connectivity index (χ0v) is 13.8. The van der Waals surface area contributed by atoms with Crippen molar-refractivity contribution in [2.75, 3.05) is 13.7 Å². The summed E-state index contributed by atoms with van der Waals surface area (Å²) in [5, 5.41) is 3.43. The number of hydrogen-bond donors (Lipinski definition) is 1. The van der Waals surface area contributed by atoms with E-state index in [0.29, 0.717) is 23.3 Å². The molecule has 0 fully saturated rings. The van der Waals surface area contributed by atoms with Gasteiger partial charge in [-0.05, 0) is 37.0 Å². The first-order chi connectivity index (χ1) is 9.97. The van der Waals surface area contributed by atoms with Crippen molar-refractivity contribution in [2.24, 2.45) is 5.92 Å². The van der Waals surface area contributed by atoms with E-state index < -0.39 is 0 Å². The molecule has 0 aliphatic heterocycles. The smallest absolute Gasteiger partial charge is 0.207 e. The number of rotatable bonds is 9. The molecule has 0 bridgehead atoms. The van der Waals surface area contributed by atoms with Gasteiger partial charge in [0.1, 0.15) is 12.4 Å². The quantitative estimate of drug-likeness (QED) is 0.713. The molecule has 0 aliphatic rings. The first-order valence-corrected chi connectivity index (χ1v) is 7.49. The first kappa shape index (κ1) is 17.8. The lowest BCUT2D eigenvalue weighted by Gasteiger charge is -2.20. The Balaban J connectivity index is 2.77. The van der Waals surface area contributed by atoms with Gasteiger partial charge in [0.15, 0.2) is 0 Å². The molecule has 1 aromatic carbocycles. The van der Waals surface area contributed by atoms with Crippen LogP contribution in [0.25, 0.3) is 0 Å². The van der Waals surface area contributed by atoms with Crippen LogP contribution in [0.4, 0.5) is 0 Å². The maximum absolute atomic E-state index is 10.7. The number of ether oxygens (including phenoxy) is 2. The number of hydrogen-bond acceptors (Lipinski definition) is 3.